The molecule has 0 bridgehead atoms. The number of carbonyl (C=O) groups is 1. The van der Waals surface area contributed by atoms with Crippen LogP contribution in [0.4, 0.5) is 5.82 Å². The fraction of sp³-hybridized carbons (Fsp3) is 0.429. The molecule has 0 saturated carbocycles. The Hall–Kier alpha value is -2.19. The van der Waals surface area contributed by atoms with E-state index in [4.69, 9.17) is 22.1 Å². The predicted molar refractivity (Wildman–Crippen MR) is 84.8 cm³/mol. The van der Waals surface area contributed by atoms with Crippen LogP contribution in [0.25, 0.3) is 5.95 Å². The van der Waals surface area contributed by atoms with Crippen molar-refractivity contribution in [1.29, 1.82) is 0 Å². The number of primary amides is 1. The Morgan fingerprint density at radius 2 is 2.17 bits per heavy atom. The summed E-state index contributed by atoms with van der Waals surface area (Å²) in [6, 6.07) is 3.59. The number of aromatic nitrogens is 4. The fourth-order valence-corrected chi connectivity index (χ4v) is 2.68. The predicted octanol–water partition coefficient (Wildman–Crippen LogP) is 0.623. The van der Waals surface area contributed by atoms with Crippen LogP contribution in [-0.2, 0) is 9.53 Å². The number of halogens is 1. The molecule has 122 valence electrons. The summed E-state index contributed by atoms with van der Waals surface area (Å²) >= 11 is 6.14. The molecule has 2 aromatic rings. The summed E-state index contributed by atoms with van der Waals surface area (Å²) in [6.45, 7) is 5.13. The summed E-state index contributed by atoms with van der Waals surface area (Å²) in [5.41, 5.74) is 7.10. The molecule has 0 aromatic carbocycles. The van der Waals surface area contributed by atoms with Crippen molar-refractivity contribution < 1.29 is 9.53 Å². The van der Waals surface area contributed by atoms with Gasteiger partial charge >= 0.3 is 0 Å². The van der Waals surface area contributed by atoms with Gasteiger partial charge < -0.3 is 15.4 Å². The third-order valence-corrected chi connectivity index (χ3v) is 3.77. The molecule has 1 atom stereocenters. The molecule has 1 fully saturated rings. The maximum absolute atomic E-state index is 11.3. The topological polar surface area (TPSA) is 99.2 Å². The number of nitrogens with two attached hydrogens (primary N) is 1. The molecule has 3 heterocycles. The summed E-state index contributed by atoms with van der Waals surface area (Å²) in [5, 5.41) is 4.67. The lowest BCUT2D eigenvalue weighted by Crippen LogP contribution is -2.48. The summed E-state index contributed by atoms with van der Waals surface area (Å²) in [4.78, 5) is 22.0. The summed E-state index contributed by atoms with van der Waals surface area (Å²) in [5.74, 6) is 0.510. The molecule has 8 nitrogen and oxygen atoms in total. The maximum Gasteiger partial charge on any atom is 0.254 e. The van der Waals surface area contributed by atoms with E-state index in [0.29, 0.717) is 36.6 Å². The van der Waals surface area contributed by atoms with Gasteiger partial charge in [0.25, 0.3) is 5.95 Å². The summed E-state index contributed by atoms with van der Waals surface area (Å²) in [6.07, 6.45) is -0.658. The average Bonchev–Trinajstić information content (AvgIpc) is 2.85. The molecule has 3 rings (SSSR count). The molecule has 0 spiro atoms. The highest BCUT2D eigenvalue weighted by Crippen LogP contribution is 2.21. The maximum atomic E-state index is 11.3. The quantitative estimate of drug-likeness (QED) is 0.825. The number of hydrogen-bond donors (Lipinski definition) is 1. The lowest BCUT2D eigenvalue weighted by Gasteiger charge is -2.32. The van der Waals surface area contributed by atoms with Crippen molar-refractivity contribution in [3.05, 3.63) is 28.7 Å². The number of anilines is 1. The van der Waals surface area contributed by atoms with E-state index < -0.39 is 12.0 Å². The third kappa shape index (κ3) is 3.27. The van der Waals surface area contributed by atoms with Crippen LogP contribution >= 0.6 is 11.6 Å². The monoisotopic (exact) mass is 336 g/mol. The van der Waals surface area contributed by atoms with E-state index in [1.807, 2.05) is 24.8 Å². The van der Waals surface area contributed by atoms with Crippen LogP contribution in [0, 0.1) is 13.8 Å². The molecular weight excluding hydrogens is 320 g/mol. The third-order valence-electron chi connectivity index (χ3n) is 3.58. The van der Waals surface area contributed by atoms with Gasteiger partial charge in [0.15, 0.2) is 6.10 Å². The van der Waals surface area contributed by atoms with Crippen molar-refractivity contribution in [2.24, 2.45) is 5.73 Å². The van der Waals surface area contributed by atoms with Gasteiger partial charge in [0.1, 0.15) is 11.0 Å². The van der Waals surface area contributed by atoms with E-state index >= 15 is 0 Å². The Labute approximate surface area is 138 Å². The van der Waals surface area contributed by atoms with Crippen LogP contribution in [0.1, 0.15) is 11.4 Å². The molecule has 0 aliphatic carbocycles. The smallest absolute Gasteiger partial charge is 0.254 e. The van der Waals surface area contributed by atoms with Crippen LogP contribution in [0.3, 0.4) is 0 Å². The number of morpholine rings is 1. The van der Waals surface area contributed by atoms with Gasteiger partial charge in [-0.2, -0.15) is 15.1 Å². The van der Waals surface area contributed by atoms with Crippen molar-refractivity contribution in [3.63, 3.8) is 0 Å². The number of hydrogen-bond acceptors (Lipinski definition) is 6. The van der Waals surface area contributed by atoms with Gasteiger partial charge in [-0.1, -0.05) is 11.6 Å². The highest BCUT2D eigenvalue weighted by Gasteiger charge is 2.26. The zero-order chi connectivity index (χ0) is 16.6. The van der Waals surface area contributed by atoms with E-state index in [2.05, 4.69) is 15.1 Å². The Bertz CT molecular complexity index is 747. The summed E-state index contributed by atoms with van der Waals surface area (Å²) in [7, 11) is 0. The van der Waals surface area contributed by atoms with Crippen molar-refractivity contribution >= 4 is 23.3 Å². The normalized spacial score (nSPS) is 18.2. The minimum absolute atomic E-state index is 0.305. The van der Waals surface area contributed by atoms with Gasteiger partial charge in [-0.05, 0) is 19.9 Å². The average molecular weight is 337 g/mol. The van der Waals surface area contributed by atoms with Gasteiger partial charge in [0.05, 0.1) is 18.8 Å². The number of ether oxygens (including phenoxy) is 1. The van der Waals surface area contributed by atoms with E-state index in [0.717, 1.165) is 11.4 Å². The second-order valence-corrected chi connectivity index (χ2v) is 5.78. The molecule has 9 heteroatoms. The van der Waals surface area contributed by atoms with E-state index in [1.165, 1.54) is 0 Å². The molecule has 1 aliphatic rings. The van der Waals surface area contributed by atoms with E-state index in [-0.39, 0.29) is 0 Å². The van der Waals surface area contributed by atoms with Gasteiger partial charge in [0.2, 0.25) is 5.91 Å². The minimum Gasteiger partial charge on any atom is -0.367 e. The Morgan fingerprint density at radius 1 is 1.39 bits per heavy atom. The molecule has 1 aliphatic heterocycles. The van der Waals surface area contributed by atoms with Gasteiger partial charge in [0, 0.05) is 18.3 Å². The number of aryl methyl sites for hydroxylation is 2. The first-order valence-electron chi connectivity index (χ1n) is 7.18. The summed E-state index contributed by atoms with van der Waals surface area (Å²) < 4.78 is 6.98. The number of rotatable bonds is 3. The highest BCUT2D eigenvalue weighted by atomic mass is 35.5. The zero-order valence-corrected chi connectivity index (χ0v) is 13.6. The Morgan fingerprint density at radius 3 is 2.83 bits per heavy atom. The minimum atomic E-state index is -0.658. The van der Waals surface area contributed by atoms with Crippen molar-refractivity contribution in [1.82, 2.24) is 19.7 Å². The molecule has 2 N–H and O–H groups in total. The number of amides is 1. The molecule has 1 unspecified atom stereocenters. The standard InChI is InChI=1S/C14H17ClN6O2/c1-8-5-9(2)21(19-8)14-17-11(15)6-12(18-14)20-3-4-23-10(7-20)13(16)22/h5-6,10H,3-4,7H2,1-2H3,(H2,16,22). The van der Waals surface area contributed by atoms with E-state index in [1.54, 1.807) is 10.7 Å². The van der Waals surface area contributed by atoms with Gasteiger partial charge in [-0.15, -0.1) is 0 Å². The molecule has 23 heavy (non-hydrogen) atoms. The van der Waals surface area contributed by atoms with Crippen molar-refractivity contribution in [2.75, 3.05) is 24.6 Å². The lowest BCUT2D eigenvalue weighted by molar-refractivity contribution is -0.130. The van der Waals surface area contributed by atoms with Crippen molar-refractivity contribution in [2.45, 2.75) is 20.0 Å². The zero-order valence-electron chi connectivity index (χ0n) is 12.9. The van der Waals surface area contributed by atoms with Gasteiger partial charge in [-0.25, -0.2) is 4.68 Å². The number of nitrogens with zero attached hydrogens (tertiary/aromatic N) is 5. The van der Waals surface area contributed by atoms with Crippen LogP contribution in [0.2, 0.25) is 5.15 Å². The molecular formula is C14H17ClN6O2. The largest absolute Gasteiger partial charge is 0.367 e. The first-order chi connectivity index (χ1) is 10.9. The lowest BCUT2D eigenvalue weighted by atomic mass is 10.2. The molecule has 2 aromatic heterocycles. The fourth-order valence-electron chi connectivity index (χ4n) is 2.51. The van der Waals surface area contributed by atoms with Crippen LogP contribution < -0.4 is 10.6 Å². The first kappa shape index (κ1) is 15.7. The van der Waals surface area contributed by atoms with Gasteiger partial charge in [-0.3, -0.25) is 4.79 Å². The van der Waals surface area contributed by atoms with Crippen LogP contribution in [0.15, 0.2) is 12.1 Å². The first-order valence-corrected chi connectivity index (χ1v) is 7.56. The molecule has 1 amide bonds. The van der Waals surface area contributed by atoms with Crippen molar-refractivity contribution in [3.8, 4) is 5.95 Å². The molecule has 0 radical (unpaired) electrons. The Balaban J connectivity index is 1.94. The second-order valence-electron chi connectivity index (χ2n) is 5.40. The number of carbonyl (C=O) groups excluding carboxylic acids is 1. The Kier molecular flexibility index (Phi) is 4.18. The van der Waals surface area contributed by atoms with Crippen LogP contribution in [0.5, 0.6) is 0 Å². The highest BCUT2D eigenvalue weighted by molar-refractivity contribution is 6.29. The SMILES string of the molecule is Cc1cc(C)n(-c2nc(Cl)cc(N3CCOC(C(N)=O)C3)n2)n1. The van der Waals surface area contributed by atoms with E-state index in [9.17, 15) is 4.79 Å². The van der Waals surface area contributed by atoms with Crippen LogP contribution in [-0.4, -0.2) is 51.5 Å². The molecule has 1 saturated heterocycles. The second kappa shape index (κ2) is 6.13.